The van der Waals surface area contributed by atoms with E-state index in [9.17, 15) is 0 Å². The second-order valence-corrected chi connectivity index (χ2v) is 4.58. The predicted octanol–water partition coefficient (Wildman–Crippen LogP) is 2.81. The van der Waals surface area contributed by atoms with Crippen molar-refractivity contribution < 1.29 is 0 Å². The molecular formula is C14H18N4. The molecule has 0 fully saturated rings. The summed E-state index contributed by atoms with van der Waals surface area (Å²) in [6, 6.07) is 4.31. The molecule has 2 aromatic rings. The fourth-order valence-corrected chi connectivity index (χ4v) is 2.30. The average Bonchev–Trinajstić information content (AvgIpc) is 2.29. The summed E-state index contributed by atoms with van der Waals surface area (Å²) in [6.45, 7) is 8.13. The van der Waals surface area contributed by atoms with Crippen molar-refractivity contribution in [2.75, 3.05) is 12.4 Å². The molecule has 0 amide bonds. The van der Waals surface area contributed by atoms with Crippen molar-refractivity contribution in [3.8, 4) is 11.3 Å². The van der Waals surface area contributed by atoms with Crippen LogP contribution in [0.3, 0.4) is 0 Å². The Bertz CT molecular complexity index is 567. The Morgan fingerprint density at radius 1 is 0.944 bits per heavy atom. The molecular weight excluding hydrogens is 224 g/mol. The third-order valence-electron chi connectivity index (χ3n) is 2.94. The molecule has 18 heavy (non-hydrogen) atoms. The van der Waals surface area contributed by atoms with Crippen LogP contribution >= 0.6 is 0 Å². The van der Waals surface area contributed by atoms with Crippen molar-refractivity contribution in [2.24, 2.45) is 0 Å². The molecule has 0 aliphatic carbocycles. The Morgan fingerprint density at radius 3 is 2.11 bits per heavy atom. The molecule has 1 aromatic carbocycles. The lowest BCUT2D eigenvalue weighted by Gasteiger charge is -2.13. The molecule has 2 rings (SSSR count). The summed E-state index contributed by atoms with van der Waals surface area (Å²) in [7, 11) is 1.85. The molecule has 0 saturated carbocycles. The maximum absolute atomic E-state index is 4.39. The minimum atomic E-state index is 0.672. The molecule has 94 valence electrons. The number of nitrogens with one attached hydrogen (secondary N) is 1. The highest BCUT2D eigenvalue weighted by Gasteiger charge is 2.14. The van der Waals surface area contributed by atoms with Crippen LogP contribution in [0.25, 0.3) is 11.3 Å². The summed E-state index contributed by atoms with van der Waals surface area (Å²) in [5, 5.41) is 11.5. The Morgan fingerprint density at radius 2 is 1.56 bits per heavy atom. The van der Waals surface area contributed by atoms with Crippen molar-refractivity contribution in [3.63, 3.8) is 0 Å². The van der Waals surface area contributed by atoms with Gasteiger partial charge in [0.2, 0.25) is 0 Å². The zero-order valence-electron chi connectivity index (χ0n) is 11.5. The highest BCUT2D eigenvalue weighted by Crippen LogP contribution is 2.30. The molecule has 0 radical (unpaired) electrons. The van der Waals surface area contributed by atoms with Crippen molar-refractivity contribution in [3.05, 3.63) is 34.6 Å². The van der Waals surface area contributed by atoms with Crippen LogP contribution in [0.2, 0.25) is 0 Å². The quantitative estimate of drug-likeness (QED) is 0.879. The van der Waals surface area contributed by atoms with Gasteiger partial charge in [-0.1, -0.05) is 17.7 Å². The molecule has 0 unspecified atom stereocenters. The molecule has 1 N–H and O–H groups in total. The minimum Gasteiger partial charge on any atom is -0.371 e. The predicted molar refractivity (Wildman–Crippen MR) is 73.8 cm³/mol. The first-order valence-electron chi connectivity index (χ1n) is 6.00. The maximum Gasteiger partial charge on any atom is 0.156 e. The fourth-order valence-electron chi connectivity index (χ4n) is 2.30. The normalized spacial score (nSPS) is 10.5. The minimum absolute atomic E-state index is 0.672. The molecule has 4 heteroatoms. The molecule has 0 saturated heterocycles. The van der Waals surface area contributed by atoms with Gasteiger partial charge in [0.25, 0.3) is 0 Å². The van der Waals surface area contributed by atoms with Crippen LogP contribution in [0, 0.1) is 27.7 Å². The molecule has 0 spiro atoms. The number of anilines is 1. The topological polar surface area (TPSA) is 50.7 Å². The number of nitrogens with zero attached hydrogens (tertiary/aromatic N) is 3. The van der Waals surface area contributed by atoms with Gasteiger partial charge < -0.3 is 5.32 Å². The van der Waals surface area contributed by atoms with E-state index in [1.165, 1.54) is 16.7 Å². The van der Waals surface area contributed by atoms with Crippen LogP contribution in [-0.4, -0.2) is 22.2 Å². The Labute approximate surface area is 107 Å². The first-order chi connectivity index (χ1) is 8.52. The van der Waals surface area contributed by atoms with Gasteiger partial charge in [-0.3, -0.25) is 0 Å². The van der Waals surface area contributed by atoms with E-state index in [-0.39, 0.29) is 0 Å². The van der Waals surface area contributed by atoms with Gasteiger partial charge in [0.05, 0.1) is 0 Å². The van der Waals surface area contributed by atoms with Crippen molar-refractivity contribution in [1.29, 1.82) is 0 Å². The van der Waals surface area contributed by atoms with Gasteiger partial charge >= 0.3 is 0 Å². The van der Waals surface area contributed by atoms with Crippen molar-refractivity contribution >= 4 is 5.82 Å². The van der Waals surface area contributed by atoms with Gasteiger partial charge in [-0.2, -0.15) is 0 Å². The maximum atomic E-state index is 4.39. The van der Waals surface area contributed by atoms with E-state index < -0.39 is 0 Å². The number of benzene rings is 1. The summed E-state index contributed by atoms with van der Waals surface area (Å²) in [6.07, 6.45) is 0. The number of aryl methyl sites for hydroxylation is 4. The zero-order chi connectivity index (χ0) is 13.3. The summed E-state index contributed by atoms with van der Waals surface area (Å²) in [5.74, 6) is 1.45. The second kappa shape index (κ2) is 4.72. The Hall–Kier alpha value is -1.97. The van der Waals surface area contributed by atoms with Gasteiger partial charge in [0, 0.05) is 12.6 Å². The van der Waals surface area contributed by atoms with E-state index in [0.29, 0.717) is 5.82 Å². The van der Waals surface area contributed by atoms with Crippen LogP contribution < -0.4 is 5.32 Å². The number of rotatable bonds is 2. The van der Waals surface area contributed by atoms with E-state index in [2.05, 4.69) is 53.4 Å². The summed E-state index contributed by atoms with van der Waals surface area (Å²) >= 11 is 0. The number of hydrogen-bond donors (Lipinski definition) is 1. The van der Waals surface area contributed by atoms with Crippen molar-refractivity contribution in [1.82, 2.24) is 15.2 Å². The second-order valence-electron chi connectivity index (χ2n) is 4.58. The van der Waals surface area contributed by atoms with Gasteiger partial charge in [0.15, 0.2) is 5.82 Å². The van der Waals surface area contributed by atoms with Gasteiger partial charge in [-0.25, -0.2) is 4.98 Å². The van der Waals surface area contributed by atoms with E-state index in [1.807, 2.05) is 14.0 Å². The lowest BCUT2D eigenvalue weighted by Crippen LogP contribution is -2.04. The van der Waals surface area contributed by atoms with Crippen LogP contribution in [-0.2, 0) is 0 Å². The van der Waals surface area contributed by atoms with Crippen LogP contribution in [0.15, 0.2) is 12.1 Å². The van der Waals surface area contributed by atoms with E-state index >= 15 is 0 Å². The van der Waals surface area contributed by atoms with E-state index in [0.717, 1.165) is 17.1 Å². The summed E-state index contributed by atoms with van der Waals surface area (Å²) in [4.78, 5) is 4.39. The van der Waals surface area contributed by atoms with Gasteiger partial charge in [0.1, 0.15) is 11.5 Å². The lowest BCUT2D eigenvalue weighted by molar-refractivity contribution is 0.914. The third kappa shape index (κ3) is 2.18. The van der Waals surface area contributed by atoms with Gasteiger partial charge in [-0.05, 0) is 38.8 Å². The highest BCUT2D eigenvalue weighted by atomic mass is 15.2. The molecule has 0 atom stereocenters. The zero-order valence-corrected chi connectivity index (χ0v) is 11.5. The van der Waals surface area contributed by atoms with Crippen LogP contribution in [0.5, 0.6) is 0 Å². The lowest BCUT2D eigenvalue weighted by atomic mass is 9.97. The first kappa shape index (κ1) is 12.5. The molecule has 1 aromatic heterocycles. The monoisotopic (exact) mass is 242 g/mol. The molecule has 0 aliphatic heterocycles. The van der Waals surface area contributed by atoms with E-state index in [4.69, 9.17) is 0 Å². The SMILES string of the molecule is CNc1nc(C)nnc1-c1c(C)cc(C)cc1C. The first-order valence-corrected chi connectivity index (χ1v) is 6.00. The molecule has 0 aliphatic rings. The average molecular weight is 242 g/mol. The molecule has 1 heterocycles. The Kier molecular flexibility index (Phi) is 3.28. The van der Waals surface area contributed by atoms with Crippen molar-refractivity contribution in [2.45, 2.75) is 27.7 Å². The number of hydrogen-bond acceptors (Lipinski definition) is 4. The summed E-state index contributed by atoms with van der Waals surface area (Å²) in [5.41, 5.74) is 5.59. The standard InChI is InChI=1S/C14H18N4/c1-8-6-9(2)12(10(3)7-8)13-14(15-5)16-11(4)17-18-13/h6-7H,1-5H3,(H,15,16,17). The largest absolute Gasteiger partial charge is 0.371 e. The smallest absolute Gasteiger partial charge is 0.156 e. The third-order valence-corrected chi connectivity index (χ3v) is 2.94. The molecule has 0 bridgehead atoms. The fraction of sp³-hybridized carbons (Fsp3) is 0.357. The van der Waals surface area contributed by atoms with E-state index in [1.54, 1.807) is 0 Å². The van der Waals surface area contributed by atoms with Gasteiger partial charge in [-0.15, -0.1) is 10.2 Å². The Balaban J connectivity index is 2.69. The molecule has 4 nitrogen and oxygen atoms in total. The van der Waals surface area contributed by atoms with Crippen LogP contribution in [0.1, 0.15) is 22.5 Å². The highest BCUT2D eigenvalue weighted by molar-refractivity contribution is 5.76. The summed E-state index contributed by atoms with van der Waals surface area (Å²) < 4.78 is 0. The number of aromatic nitrogens is 3. The van der Waals surface area contributed by atoms with Crippen LogP contribution in [0.4, 0.5) is 5.82 Å².